The Morgan fingerprint density at radius 3 is 3.00 bits per heavy atom. The molecule has 1 aromatic heterocycles. The molecule has 0 aromatic carbocycles. The van der Waals surface area contributed by atoms with Gasteiger partial charge in [0.1, 0.15) is 0 Å². The van der Waals surface area contributed by atoms with Gasteiger partial charge in [-0.3, -0.25) is 4.79 Å². The molecule has 0 saturated heterocycles. The van der Waals surface area contributed by atoms with E-state index in [1.165, 1.54) is 6.26 Å². The first-order valence-corrected chi connectivity index (χ1v) is 5.43. The minimum Gasteiger partial charge on any atom is -0.457 e. The molecule has 0 aliphatic carbocycles. The van der Waals surface area contributed by atoms with Crippen LogP contribution in [0.2, 0.25) is 0 Å². The van der Waals surface area contributed by atoms with Crippen molar-refractivity contribution in [2.45, 2.75) is 19.3 Å². The van der Waals surface area contributed by atoms with Crippen molar-refractivity contribution in [3.8, 4) is 6.07 Å². The van der Waals surface area contributed by atoms with Crippen LogP contribution in [0.15, 0.2) is 21.4 Å². The summed E-state index contributed by atoms with van der Waals surface area (Å²) in [5.74, 6) is -0.160. The monoisotopic (exact) mass is 270 g/mol. The molecule has 0 radical (unpaired) electrons. The molecule has 5 heteroatoms. The minimum absolute atomic E-state index is 0.160. The minimum atomic E-state index is -0.160. The van der Waals surface area contributed by atoms with Gasteiger partial charge in [-0.15, -0.1) is 0 Å². The molecule has 0 saturated carbocycles. The van der Waals surface area contributed by atoms with Crippen LogP contribution >= 0.6 is 15.9 Å². The molecule has 1 aromatic rings. The van der Waals surface area contributed by atoms with Gasteiger partial charge in [-0.2, -0.15) is 5.26 Å². The van der Waals surface area contributed by atoms with E-state index in [-0.39, 0.29) is 5.91 Å². The molecule has 1 amide bonds. The summed E-state index contributed by atoms with van der Waals surface area (Å²) in [5.41, 5.74) is 0.496. The van der Waals surface area contributed by atoms with E-state index in [1.54, 1.807) is 6.07 Å². The second-order valence-corrected chi connectivity index (χ2v) is 3.70. The van der Waals surface area contributed by atoms with E-state index in [1.807, 2.05) is 0 Å². The summed E-state index contributed by atoms with van der Waals surface area (Å²) < 4.78 is 5.38. The Morgan fingerprint density at radius 2 is 2.40 bits per heavy atom. The molecular formula is C10H11BrN2O2. The molecule has 1 heterocycles. The van der Waals surface area contributed by atoms with Crippen molar-refractivity contribution in [3.63, 3.8) is 0 Å². The van der Waals surface area contributed by atoms with E-state index in [9.17, 15) is 4.79 Å². The predicted octanol–water partition coefficient (Wildman–Crippen LogP) is 2.47. The largest absolute Gasteiger partial charge is 0.457 e. The number of carbonyl (C=O) groups is 1. The van der Waals surface area contributed by atoms with Crippen molar-refractivity contribution in [3.05, 3.63) is 22.6 Å². The number of nitrogens with zero attached hydrogens (tertiary/aromatic N) is 1. The Balaban J connectivity index is 2.26. The smallest absolute Gasteiger partial charge is 0.255 e. The zero-order valence-electron chi connectivity index (χ0n) is 8.12. The van der Waals surface area contributed by atoms with Crippen LogP contribution in [0.4, 0.5) is 0 Å². The van der Waals surface area contributed by atoms with Gasteiger partial charge in [-0.25, -0.2) is 0 Å². The fraction of sp³-hybridized carbons (Fsp3) is 0.400. The van der Waals surface area contributed by atoms with Crippen molar-refractivity contribution in [2.75, 3.05) is 6.54 Å². The van der Waals surface area contributed by atoms with E-state index >= 15 is 0 Å². The molecule has 0 atom stereocenters. The Hall–Kier alpha value is -1.28. The Bertz CT molecular complexity index is 368. The van der Waals surface area contributed by atoms with Gasteiger partial charge in [0.2, 0.25) is 0 Å². The van der Waals surface area contributed by atoms with Gasteiger partial charge in [0.15, 0.2) is 4.67 Å². The first kappa shape index (κ1) is 11.8. The van der Waals surface area contributed by atoms with Crippen molar-refractivity contribution < 1.29 is 9.21 Å². The Kier molecular flexibility index (Phi) is 4.91. The van der Waals surface area contributed by atoms with Crippen LogP contribution in [0.3, 0.4) is 0 Å². The first-order valence-electron chi connectivity index (χ1n) is 4.64. The highest BCUT2D eigenvalue weighted by Gasteiger charge is 2.11. The number of unbranched alkanes of at least 4 members (excludes halogenated alkanes) is 2. The number of halogens is 1. The fourth-order valence-electron chi connectivity index (χ4n) is 1.08. The highest BCUT2D eigenvalue weighted by Crippen LogP contribution is 2.16. The summed E-state index contributed by atoms with van der Waals surface area (Å²) in [7, 11) is 0. The fourth-order valence-corrected chi connectivity index (χ4v) is 1.50. The van der Waals surface area contributed by atoms with Crippen molar-refractivity contribution >= 4 is 21.8 Å². The van der Waals surface area contributed by atoms with Crippen LogP contribution in [0.1, 0.15) is 29.6 Å². The summed E-state index contributed by atoms with van der Waals surface area (Å²) in [6, 6.07) is 3.66. The lowest BCUT2D eigenvalue weighted by Gasteiger charge is -2.02. The quantitative estimate of drug-likeness (QED) is 0.836. The lowest BCUT2D eigenvalue weighted by molar-refractivity contribution is 0.0951. The molecule has 0 aliphatic rings. The van der Waals surface area contributed by atoms with E-state index in [4.69, 9.17) is 9.68 Å². The molecule has 1 rings (SSSR count). The Labute approximate surface area is 96.4 Å². The number of hydrogen-bond donors (Lipinski definition) is 1. The van der Waals surface area contributed by atoms with E-state index in [0.29, 0.717) is 23.2 Å². The van der Waals surface area contributed by atoms with Gasteiger partial charge in [0.25, 0.3) is 5.91 Å². The van der Waals surface area contributed by atoms with Gasteiger partial charge in [-0.1, -0.05) is 0 Å². The van der Waals surface area contributed by atoms with Crippen molar-refractivity contribution in [1.29, 1.82) is 5.26 Å². The van der Waals surface area contributed by atoms with Crippen LogP contribution in [0.25, 0.3) is 0 Å². The lowest BCUT2D eigenvalue weighted by Crippen LogP contribution is -2.24. The molecule has 1 N–H and O–H groups in total. The molecule has 0 aliphatic heterocycles. The zero-order chi connectivity index (χ0) is 11.1. The summed E-state index contributed by atoms with van der Waals surface area (Å²) in [5, 5.41) is 11.1. The average molecular weight is 271 g/mol. The summed E-state index contributed by atoms with van der Waals surface area (Å²) in [6.07, 6.45) is 3.61. The molecule has 0 bridgehead atoms. The molecule has 80 valence electrons. The van der Waals surface area contributed by atoms with Crippen LogP contribution in [-0.4, -0.2) is 12.5 Å². The third-order valence-electron chi connectivity index (χ3n) is 1.86. The van der Waals surface area contributed by atoms with Crippen LogP contribution < -0.4 is 5.32 Å². The maximum atomic E-state index is 11.5. The van der Waals surface area contributed by atoms with Crippen molar-refractivity contribution in [1.82, 2.24) is 5.32 Å². The zero-order valence-corrected chi connectivity index (χ0v) is 9.71. The number of nitriles is 1. The number of hydrogen-bond acceptors (Lipinski definition) is 3. The third kappa shape index (κ3) is 3.76. The van der Waals surface area contributed by atoms with Gasteiger partial charge in [0.05, 0.1) is 17.9 Å². The molecule has 0 unspecified atom stereocenters. The Morgan fingerprint density at radius 1 is 1.60 bits per heavy atom. The van der Waals surface area contributed by atoms with Gasteiger partial charge >= 0.3 is 0 Å². The van der Waals surface area contributed by atoms with E-state index in [2.05, 4.69) is 27.3 Å². The number of amides is 1. The molecule has 0 spiro atoms. The normalized spacial score (nSPS) is 9.60. The maximum absolute atomic E-state index is 11.5. The maximum Gasteiger partial charge on any atom is 0.255 e. The van der Waals surface area contributed by atoms with Gasteiger partial charge < -0.3 is 9.73 Å². The summed E-state index contributed by atoms with van der Waals surface area (Å²) >= 11 is 3.13. The highest BCUT2D eigenvalue weighted by molar-refractivity contribution is 9.10. The predicted molar refractivity (Wildman–Crippen MR) is 58.2 cm³/mol. The average Bonchev–Trinajstić information content (AvgIpc) is 2.64. The number of furan rings is 1. The summed E-state index contributed by atoms with van der Waals surface area (Å²) in [6.45, 7) is 0.581. The van der Waals surface area contributed by atoms with Crippen LogP contribution in [0.5, 0.6) is 0 Å². The molecule has 0 fully saturated rings. The SMILES string of the molecule is N#CCCCCNC(=O)c1ccoc1Br. The number of carbonyl (C=O) groups excluding carboxylic acids is 1. The van der Waals surface area contributed by atoms with Crippen LogP contribution in [-0.2, 0) is 0 Å². The molecular weight excluding hydrogens is 260 g/mol. The highest BCUT2D eigenvalue weighted by atomic mass is 79.9. The van der Waals surface area contributed by atoms with Gasteiger partial charge in [-0.05, 0) is 34.8 Å². The number of nitrogens with one attached hydrogen (secondary N) is 1. The van der Waals surface area contributed by atoms with Crippen molar-refractivity contribution in [2.24, 2.45) is 0 Å². The molecule has 15 heavy (non-hydrogen) atoms. The van der Waals surface area contributed by atoms with Crippen LogP contribution in [0, 0.1) is 11.3 Å². The first-order chi connectivity index (χ1) is 7.25. The van der Waals surface area contributed by atoms with E-state index in [0.717, 1.165) is 12.8 Å². The third-order valence-corrected chi connectivity index (χ3v) is 2.48. The lowest BCUT2D eigenvalue weighted by atomic mass is 10.2. The summed E-state index contributed by atoms with van der Waals surface area (Å²) in [4.78, 5) is 11.5. The topological polar surface area (TPSA) is 66.0 Å². The van der Waals surface area contributed by atoms with Gasteiger partial charge in [0, 0.05) is 13.0 Å². The van der Waals surface area contributed by atoms with E-state index < -0.39 is 0 Å². The second kappa shape index (κ2) is 6.25. The standard InChI is InChI=1S/C10H11BrN2O2/c11-9-8(4-7-15-9)10(14)13-6-3-1-2-5-12/h4,7H,1-3,6H2,(H,13,14). The number of rotatable bonds is 5. The molecule has 4 nitrogen and oxygen atoms in total. The second-order valence-electron chi connectivity index (χ2n) is 2.98.